The summed E-state index contributed by atoms with van der Waals surface area (Å²) in [5.74, 6) is 0. The first kappa shape index (κ1) is 14.5. The number of likely N-dealkylation sites (N-methyl/N-ethyl adjacent to an activating group) is 1. The van der Waals surface area contributed by atoms with E-state index in [0.717, 1.165) is 26.0 Å². The molecule has 0 spiro atoms. The average molecular weight is 287 g/mol. The summed E-state index contributed by atoms with van der Waals surface area (Å²) in [5, 5.41) is 9.52. The van der Waals surface area contributed by atoms with Gasteiger partial charge in [-0.25, -0.2) is 0 Å². The van der Waals surface area contributed by atoms with E-state index < -0.39 is 0 Å². The molecule has 1 fully saturated rings. The summed E-state index contributed by atoms with van der Waals surface area (Å²) >= 11 is 0. The lowest BCUT2D eigenvalue weighted by Crippen LogP contribution is -2.42. The Balaban J connectivity index is 1.85. The van der Waals surface area contributed by atoms with E-state index in [1.807, 2.05) is 7.05 Å². The van der Waals surface area contributed by atoms with Crippen LogP contribution in [-0.4, -0.2) is 35.6 Å². The highest BCUT2D eigenvalue weighted by atomic mass is 16.5. The van der Waals surface area contributed by atoms with E-state index in [1.165, 1.54) is 29.4 Å². The van der Waals surface area contributed by atoms with Crippen LogP contribution < -0.4 is 5.32 Å². The standard InChI is InChI=1S/C17H25N3O/c1-3-20-16-9-5-4-8-13(16)14(19-20)12-15(18-2)17-10-6-7-11-21-17/h4-5,8-9,15,17-18H,3,6-7,10-12H2,1-2H3. The predicted molar refractivity (Wildman–Crippen MR) is 85.5 cm³/mol. The topological polar surface area (TPSA) is 39.1 Å². The number of fused-ring (bicyclic) bond motifs is 1. The van der Waals surface area contributed by atoms with E-state index in [-0.39, 0.29) is 0 Å². The van der Waals surface area contributed by atoms with Gasteiger partial charge in [-0.05, 0) is 39.3 Å². The Hall–Kier alpha value is -1.39. The predicted octanol–water partition coefficient (Wildman–Crippen LogP) is 2.76. The van der Waals surface area contributed by atoms with E-state index in [9.17, 15) is 0 Å². The molecule has 1 aliphatic heterocycles. The van der Waals surface area contributed by atoms with Crippen molar-refractivity contribution >= 4 is 10.9 Å². The lowest BCUT2D eigenvalue weighted by molar-refractivity contribution is -0.00601. The second-order valence-corrected chi connectivity index (χ2v) is 5.78. The molecule has 21 heavy (non-hydrogen) atoms. The van der Waals surface area contributed by atoms with Gasteiger partial charge < -0.3 is 10.1 Å². The third kappa shape index (κ3) is 2.97. The summed E-state index contributed by atoms with van der Waals surface area (Å²) in [5.41, 5.74) is 2.41. The van der Waals surface area contributed by atoms with Crippen molar-refractivity contribution in [3.05, 3.63) is 30.0 Å². The second-order valence-electron chi connectivity index (χ2n) is 5.78. The van der Waals surface area contributed by atoms with Gasteiger partial charge >= 0.3 is 0 Å². The molecule has 0 radical (unpaired) electrons. The van der Waals surface area contributed by atoms with Crippen LogP contribution in [0.1, 0.15) is 31.9 Å². The zero-order valence-corrected chi connectivity index (χ0v) is 13.0. The Morgan fingerprint density at radius 1 is 1.38 bits per heavy atom. The number of hydrogen-bond acceptors (Lipinski definition) is 3. The second kappa shape index (κ2) is 6.58. The molecule has 1 N–H and O–H groups in total. The highest BCUT2D eigenvalue weighted by Gasteiger charge is 2.25. The molecule has 0 bridgehead atoms. The van der Waals surface area contributed by atoms with E-state index in [0.29, 0.717) is 12.1 Å². The van der Waals surface area contributed by atoms with Crippen LogP contribution in [-0.2, 0) is 17.7 Å². The summed E-state index contributed by atoms with van der Waals surface area (Å²) in [7, 11) is 2.03. The minimum atomic E-state index is 0.314. The third-order valence-electron chi connectivity index (χ3n) is 4.48. The maximum absolute atomic E-state index is 5.95. The zero-order valence-electron chi connectivity index (χ0n) is 13.0. The number of benzene rings is 1. The summed E-state index contributed by atoms with van der Waals surface area (Å²) in [4.78, 5) is 0. The smallest absolute Gasteiger partial charge is 0.0731 e. The van der Waals surface area contributed by atoms with Gasteiger partial charge in [0.25, 0.3) is 0 Å². The molecule has 3 rings (SSSR count). The number of aryl methyl sites for hydroxylation is 1. The fourth-order valence-corrected chi connectivity index (χ4v) is 3.30. The fourth-order valence-electron chi connectivity index (χ4n) is 3.30. The zero-order chi connectivity index (χ0) is 14.7. The molecule has 4 nitrogen and oxygen atoms in total. The monoisotopic (exact) mass is 287 g/mol. The molecule has 2 atom stereocenters. The van der Waals surface area contributed by atoms with E-state index in [1.54, 1.807) is 0 Å². The Morgan fingerprint density at radius 3 is 2.95 bits per heavy atom. The Morgan fingerprint density at radius 2 is 2.24 bits per heavy atom. The van der Waals surface area contributed by atoms with Gasteiger partial charge in [-0.2, -0.15) is 5.10 Å². The van der Waals surface area contributed by atoms with Crippen LogP contribution >= 0.6 is 0 Å². The number of nitrogens with zero attached hydrogens (tertiary/aromatic N) is 2. The number of ether oxygens (including phenoxy) is 1. The van der Waals surface area contributed by atoms with Crippen molar-refractivity contribution in [3.8, 4) is 0 Å². The SMILES string of the molecule is CCn1nc(CC(NC)C2CCCCO2)c2ccccc21. The summed E-state index contributed by atoms with van der Waals surface area (Å²) in [6.07, 6.45) is 4.86. The molecular formula is C17H25N3O. The Kier molecular flexibility index (Phi) is 4.56. The molecule has 2 aromatic rings. The lowest BCUT2D eigenvalue weighted by Gasteiger charge is -2.30. The molecule has 114 valence electrons. The van der Waals surface area contributed by atoms with Crippen LogP contribution in [0.15, 0.2) is 24.3 Å². The number of para-hydroxylation sites is 1. The van der Waals surface area contributed by atoms with E-state index in [4.69, 9.17) is 9.84 Å². The first-order valence-electron chi connectivity index (χ1n) is 8.06. The van der Waals surface area contributed by atoms with Crippen LogP contribution in [0.3, 0.4) is 0 Å². The van der Waals surface area contributed by atoms with Crippen molar-refractivity contribution < 1.29 is 4.74 Å². The van der Waals surface area contributed by atoms with Crippen molar-refractivity contribution in [1.82, 2.24) is 15.1 Å². The van der Waals surface area contributed by atoms with Gasteiger partial charge in [-0.15, -0.1) is 0 Å². The van der Waals surface area contributed by atoms with E-state index >= 15 is 0 Å². The first-order chi connectivity index (χ1) is 10.3. The van der Waals surface area contributed by atoms with Crippen LogP contribution in [0, 0.1) is 0 Å². The highest BCUT2D eigenvalue weighted by Crippen LogP contribution is 2.23. The molecule has 1 aliphatic rings. The first-order valence-corrected chi connectivity index (χ1v) is 8.06. The molecule has 0 saturated carbocycles. The van der Waals surface area contributed by atoms with Gasteiger partial charge in [0.2, 0.25) is 0 Å². The molecule has 4 heteroatoms. The molecule has 2 unspecified atom stereocenters. The highest BCUT2D eigenvalue weighted by molar-refractivity contribution is 5.82. The normalized spacial score (nSPS) is 20.8. The summed E-state index contributed by atoms with van der Waals surface area (Å²) < 4.78 is 8.05. The Labute approximate surface area is 126 Å². The number of hydrogen-bond donors (Lipinski definition) is 1. The molecule has 0 aliphatic carbocycles. The van der Waals surface area contributed by atoms with Crippen LogP contribution in [0.4, 0.5) is 0 Å². The average Bonchev–Trinajstić information content (AvgIpc) is 2.91. The summed E-state index contributed by atoms with van der Waals surface area (Å²) in [6, 6.07) is 8.85. The number of nitrogens with one attached hydrogen (secondary N) is 1. The number of rotatable bonds is 5. The lowest BCUT2D eigenvalue weighted by atomic mass is 9.97. The van der Waals surface area contributed by atoms with E-state index in [2.05, 4.69) is 41.2 Å². The Bertz CT molecular complexity index is 587. The van der Waals surface area contributed by atoms with Gasteiger partial charge in [0.15, 0.2) is 0 Å². The third-order valence-corrected chi connectivity index (χ3v) is 4.48. The maximum Gasteiger partial charge on any atom is 0.0731 e. The van der Waals surface area contributed by atoms with Crippen molar-refractivity contribution in [2.24, 2.45) is 0 Å². The molecule has 1 aromatic heterocycles. The minimum Gasteiger partial charge on any atom is -0.377 e. The van der Waals surface area contributed by atoms with Gasteiger partial charge in [-0.3, -0.25) is 4.68 Å². The molecule has 1 aromatic carbocycles. The molecule has 2 heterocycles. The quantitative estimate of drug-likeness (QED) is 0.919. The van der Waals surface area contributed by atoms with Crippen molar-refractivity contribution in [3.63, 3.8) is 0 Å². The summed E-state index contributed by atoms with van der Waals surface area (Å²) in [6.45, 7) is 3.95. The van der Waals surface area contributed by atoms with Gasteiger partial charge in [0.1, 0.15) is 0 Å². The number of aromatic nitrogens is 2. The van der Waals surface area contributed by atoms with Gasteiger partial charge in [-0.1, -0.05) is 18.2 Å². The van der Waals surface area contributed by atoms with Gasteiger partial charge in [0, 0.05) is 31.0 Å². The van der Waals surface area contributed by atoms with Crippen LogP contribution in [0.2, 0.25) is 0 Å². The minimum absolute atomic E-state index is 0.314. The van der Waals surface area contributed by atoms with Crippen LogP contribution in [0.5, 0.6) is 0 Å². The molecule has 1 saturated heterocycles. The van der Waals surface area contributed by atoms with Crippen LogP contribution in [0.25, 0.3) is 10.9 Å². The largest absolute Gasteiger partial charge is 0.377 e. The van der Waals surface area contributed by atoms with Crippen molar-refractivity contribution in [1.29, 1.82) is 0 Å². The molecular weight excluding hydrogens is 262 g/mol. The maximum atomic E-state index is 5.95. The van der Waals surface area contributed by atoms with Crippen molar-refractivity contribution in [2.45, 2.75) is 51.3 Å². The van der Waals surface area contributed by atoms with Gasteiger partial charge in [0.05, 0.1) is 17.3 Å². The molecule has 0 amide bonds. The van der Waals surface area contributed by atoms with Crippen molar-refractivity contribution in [2.75, 3.05) is 13.7 Å². The fraction of sp³-hybridized carbons (Fsp3) is 0.588.